The average molecular weight is 629 g/mol. The van der Waals surface area contributed by atoms with Crippen LogP contribution in [-0.4, -0.2) is 0 Å². The van der Waals surface area contributed by atoms with E-state index < -0.39 is 0 Å². The van der Waals surface area contributed by atoms with Crippen molar-refractivity contribution >= 4 is 43.5 Å². The summed E-state index contributed by atoms with van der Waals surface area (Å²) >= 11 is 0. The van der Waals surface area contributed by atoms with Crippen molar-refractivity contribution < 1.29 is 4.42 Å². The summed E-state index contributed by atoms with van der Waals surface area (Å²) in [6.07, 6.45) is 1.08. The van der Waals surface area contributed by atoms with Gasteiger partial charge in [-0.05, 0) is 96.6 Å². The fraction of sp³-hybridized carbons (Fsp3) is 0.0833. The van der Waals surface area contributed by atoms with E-state index in [0.717, 1.165) is 39.5 Å². The van der Waals surface area contributed by atoms with Crippen LogP contribution in [-0.2, 0) is 6.42 Å². The highest BCUT2D eigenvalue weighted by molar-refractivity contribution is 6.22. The maximum Gasteiger partial charge on any atom is 0.143 e. The lowest BCUT2D eigenvalue weighted by Gasteiger charge is -2.19. The van der Waals surface area contributed by atoms with Crippen LogP contribution in [0.3, 0.4) is 0 Å². The Morgan fingerprint density at radius 2 is 0.959 bits per heavy atom. The Kier molecular flexibility index (Phi) is 7.13. The van der Waals surface area contributed by atoms with Crippen LogP contribution in [0.4, 0.5) is 0 Å². The molecule has 0 spiro atoms. The van der Waals surface area contributed by atoms with Gasteiger partial charge < -0.3 is 4.42 Å². The molecule has 9 aromatic rings. The molecule has 0 aliphatic carbocycles. The van der Waals surface area contributed by atoms with Gasteiger partial charge in [0.05, 0.1) is 0 Å². The van der Waals surface area contributed by atoms with Gasteiger partial charge in [0.2, 0.25) is 0 Å². The van der Waals surface area contributed by atoms with Crippen LogP contribution in [0.2, 0.25) is 0 Å². The SMILES string of the molecule is CC(C)Cc1ccc(-c2c3ccccc3c(-c3ccccc3)c3ccc(-c4cccc(-c5cccc6c5oc5ccccc56)c4)cc23)cc1. The van der Waals surface area contributed by atoms with Gasteiger partial charge >= 0.3 is 0 Å². The van der Waals surface area contributed by atoms with E-state index in [1.54, 1.807) is 0 Å². The second-order valence-corrected chi connectivity index (χ2v) is 13.6. The third-order valence-electron chi connectivity index (χ3n) is 9.88. The fourth-order valence-electron chi connectivity index (χ4n) is 7.70. The van der Waals surface area contributed by atoms with Crippen LogP contribution < -0.4 is 0 Å². The second kappa shape index (κ2) is 12.0. The van der Waals surface area contributed by atoms with Crippen LogP contribution in [0.1, 0.15) is 19.4 Å². The van der Waals surface area contributed by atoms with Gasteiger partial charge in [0, 0.05) is 16.3 Å². The first kappa shape index (κ1) is 29.2. The van der Waals surface area contributed by atoms with Gasteiger partial charge in [-0.3, -0.25) is 0 Å². The van der Waals surface area contributed by atoms with Crippen LogP contribution in [0.25, 0.3) is 88.0 Å². The zero-order valence-corrected chi connectivity index (χ0v) is 27.8. The minimum atomic E-state index is 0.620. The predicted molar refractivity (Wildman–Crippen MR) is 209 cm³/mol. The molecule has 0 amide bonds. The Morgan fingerprint density at radius 1 is 0.408 bits per heavy atom. The van der Waals surface area contributed by atoms with Gasteiger partial charge in [0.25, 0.3) is 0 Å². The third-order valence-corrected chi connectivity index (χ3v) is 9.88. The summed E-state index contributed by atoms with van der Waals surface area (Å²) in [6.45, 7) is 4.57. The Bertz CT molecular complexity index is 2640. The lowest BCUT2D eigenvalue weighted by atomic mass is 9.84. The van der Waals surface area contributed by atoms with E-state index in [1.165, 1.54) is 60.5 Å². The highest BCUT2D eigenvalue weighted by Crippen LogP contribution is 2.45. The summed E-state index contributed by atoms with van der Waals surface area (Å²) in [6, 6.07) is 59.7. The van der Waals surface area contributed by atoms with Crippen molar-refractivity contribution in [3.63, 3.8) is 0 Å². The van der Waals surface area contributed by atoms with Crippen LogP contribution in [0.5, 0.6) is 0 Å². The highest BCUT2D eigenvalue weighted by atomic mass is 16.3. The smallest absolute Gasteiger partial charge is 0.143 e. The minimum absolute atomic E-state index is 0.620. The van der Waals surface area contributed by atoms with Gasteiger partial charge in [0.1, 0.15) is 11.2 Å². The van der Waals surface area contributed by atoms with Crippen molar-refractivity contribution in [1.29, 1.82) is 0 Å². The van der Waals surface area contributed by atoms with Crippen LogP contribution >= 0.6 is 0 Å². The zero-order chi connectivity index (χ0) is 32.9. The molecule has 0 fully saturated rings. The van der Waals surface area contributed by atoms with E-state index >= 15 is 0 Å². The number of hydrogen-bond donors (Lipinski definition) is 0. The molecule has 0 saturated carbocycles. The van der Waals surface area contributed by atoms with Crippen molar-refractivity contribution in [2.45, 2.75) is 20.3 Å². The molecule has 1 aromatic heterocycles. The third kappa shape index (κ3) is 5.10. The summed E-state index contributed by atoms with van der Waals surface area (Å²) in [7, 11) is 0. The molecule has 0 N–H and O–H groups in total. The van der Waals surface area contributed by atoms with Gasteiger partial charge in [-0.2, -0.15) is 0 Å². The monoisotopic (exact) mass is 628 g/mol. The average Bonchev–Trinajstić information content (AvgIpc) is 3.53. The van der Waals surface area contributed by atoms with Crippen molar-refractivity contribution in [2.24, 2.45) is 5.92 Å². The summed E-state index contributed by atoms with van der Waals surface area (Å²) in [4.78, 5) is 0. The molecule has 0 saturated heterocycles. The molecule has 8 aromatic carbocycles. The molecule has 0 atom stereocenters. The summed E-state index contributed by atoms with van der Waals surface area (Å²) < 4.78 is 6.43. The standard InChI is InChI=1S/C48H36O/c1-31(2)28-32-22-24-34(25-23-32)47-41-18-7-6-17-40(41)46(33-12-4-3-5-13-33)42-27-26-36(30-44(42)47)35-14-10-15-37(29-35)38-19-11-20-43-39-16-8-9-21-45(39)49-48(38)43/h3-27,29-31H,28H2,1-2H3. The molecule has 1 nitrogen and oxygen atoms in total. The van der Waals surface area contributed by atoms with Crippen molar-refractivity contribution in [2.75, 3.05) is 0 Å². The molecule has 9 rings (SSSR count). The molecule has 0 radical (unpaired) electrons. The van der Waals surface area contributed by atoms with Gasteiger partial charge in [-0.15, -0.1) is 0 Å². The molecule has 0 unspecified atom stereocenters. The summed E-state index contributed by atoms with van der Waals surface area (Å²) in [5, 5.41) is 7.36. The van der Waals surface area contributed by atoms with Gasteiger partial charge in [-0.25, -0.2) is 0 Å². The van der Waals surface area contributed by atoms with E-state index in [0.29, 0.717) is 5.92 Å². The van der Waals surface area contributed by atoms with E-state index in [9.17, 15) is 0 Å². The maximum absolute atomic E-state index is 6.43. The summed E-state index contributed by atoms with van der Waals surface area (Å²) in [5.41, 5.74) is 12.9. The van der Waals surface area contributed by atoms with Gasteiger partial charge in [-0.1, -0.05) is 159 Å². The number of rotatable bonds is 6. The quantitative estimate of drug-likeness (QED) is 0.167. The van der Waals surface area contributed by atoms with E-state index in [-0.39, 0.29) is 0 Å². The van der Waals surface area contributed by atoms with E-state index in [1.807, 2.05) is 12.1 Å². The first-order valence-corrected chi connectivity index (χ1v) is 17.3. The molecule has 234 valence electrons. The topological polar surface area (TPSA) is 13.1 Å². The Morgan fingerprint density at radius 3 is 1.73 bits per heavy atom. The Hall–Kier alpha value is -5.92. The molecular formula is C48H36O. The first-order chi connectivity index (χ1) is 24.1. The maximum atomic E-state index is 6.43. The van der Waals surface area contributed by atoms with Crippen LogP contribution in [0.15, 0.2) is 168 Å². The Labute approximate surface area is 287 Å². The minimum Gasteiger partial charge on any atom is -0.455 e. The number of para-hydroxylation sites is 2. The largest absolute Gasteiger partial charge is 0.455 e. The van der Waals surface area contributed by atoms with Crippen LogP contribution in [0, 0.1) is 5.92 Å². The lowest BCUT2D eigenvalue weighted by Crippen LogP contribution is -1.94. The molecular weight excluding hydrogens is 593 g/mol. The zero-order valence-electron chi connectivity index (χ0n) is 27.8. The fourth-order valence-corrected chi connectivity index (χ4v) is 7.70. The number of furan rings is 1. The normalized spacial score (nSPS) is 11.7. The van der Waals surface area contributed by atoms with E-state index in [4.69, 9.17) is 4.42 Å². The van der Waals surface area contributed by atoms with E-state index in [2.05, 4.69) is 166 Å². The Balaban J connectivity index is 1.27. The first-order valence-electron chi connectivity index (χ1n) is 17.3. The summed E-state index contributed by atoms with van der Waals surface area (Å²) in [5.74, 6) is 0.620. The molecule has 0 bridgehead atoms. The number of fused-ring (bicyclic) bond motifs is 5. The number of hydrogen-bond acceptors (Lipinski definition) is 1. The molecule has 1 heterocycles. The molecule has 49 heavy (non-hydrogen) atoms. The van der Waals surface area contributed by atoms with Crippen molar-refractivity contribution in [1.82, 2.24) is 0 Å². The molecule has 0 aliphatic heterocycles. The predicted octanol–water partition coefficient (Wildman–Crippen LogP) is 13.8. The van der Waals surface area contributed by atoms with Crippen molar-refractivity contribution in [3.8, 4) is 44.5 Å². The van der Waals surface area contributed by atoms with Crippen molar-refractivity contribution in [3.05, 3.63) is 169 Å². The highest BCUT2D eigenvalue weighted by Gasteiger charge is 2.18. The molecule has 0 aliphatic rings. The van der Waals surface area contributed by atoms with Gasteiger partial charge in [0.15, 0.2) is 0 Å². The lowest BCUT2D eigenvalue weighted by molar-refractivity contribution is 0.647. The molecule has 1 heteroatoms. The second-order valence-electron chi connectivity index (χ2n) is 13.6. The number of benzene rings is 8.